The Hall–Kier alpha value is -0.370. The van der Waals surface area contributed by atoms with E-state index in [0.29, 0.717) is 13.2 Å². The second-order valence-corrected chi connectivity index (χ2v) is 21.3. The summed E-state index contributed by atoms with van der Waals surface area (Å²) in [6.45, 7) is 4.31. The van der Waals surface area contributed by atoms with Crippen LogP contribution in [-0.2, 0) is 32.6 Å². The number of ether oxygens (including phenoxy) is 4. The van der Waals surface area contributed by atoms with E-state index in [4.69, 9.17) is 33.7 Å². The van der Waals surface area contributed by atoms with E-state index in [1.807, 2.05) is 0 Å². The fraction of sp³-hybridized carbons (Fsp3) is 1.00. The van der Waals surface area contributed by atoms with Gasteiger partial charge in [0.25, 0.3) is 0 Å². The van der Waals surface area contributed by atoms with Crippen LogP contribution in [0.1, 0.15) is 219 Å². The second-order valence-electron chi connectivity index (χ2n) is 19.9. The molecule has 10 N–H and O–H groups in total. The average molecular weight is 1000 g/mol. The van der Waals surface area contributed by atoms with Gasteiger partial charge in [-0.2, -0.15) is 0 Å². The Morgan fingerprint density at radius 3 is 1.29 bits per heavy atom. The number of aliphatic hydroxyl groups excluding tert-OH is 7. The molecule has 1 aliphatic carbocycles. The molecule has 0 radical (unpaired) electrons. The molecule has 0 aromatic heterocycles. The monoisotopic (exact) mass is 1000 g/mol. The minimum Gasteiger partial charge on any atom is -0.394 e. The summed E-state index contributed by atoms with van der Waals surface area (Å²) in [5.74, 6) is 0. The standard InChI is InChI=1S/C51H102NO15P/c1-3-5-7-9-11-13-15-17-19-21-23-25-27-29-31-33-35-62-38-40(63-36-34-32-30-28-26-24-22-20-18-16-14-12-10-8-6-4-2)39-64-68(60,61)67-50-48(59)46(57)45(56)47(58)49(50)66-51-42(52)44(55)43(54)41(37-53)65-51/h40-51,53-59H,3-39,52H2,1-2H3,(H,60,61)/t40-,41-,42-,43-,44-,45-,46-,47+,48-,49-,50-,51-/m1/s1. The van der Waals surface area contributed by atoms with Gasteiger partial charge in [0.05, 0.1) is 25.9 Å². The van der Waals surface area contributed by atoms with Gasteiger partial charge >= 0.3 is 7.82 Å². The zero-order valence-corrected chi connectivity index (χ0v) is 43.4. The quantitative estimate of drug-likeness (QED) is 0.0207. The van der Waals surface area contributed by atoms with Crippen LogP contribution in [-0.4, -0.2) is 147 Å². The number of unbranched alkanes of at least 4 members (excludes halogenated alkanes) is 30. The lowest BCUT2D eigenvalue weighted by atomic mass is 9.84. The van der Waals surface area contributed by atoms with Crippen molar-refractivity contribution in [2.24, 2.45) is 5.73 Å². The minimum absolute atomic E-state index is 0.0934. The summed E-state index contributed by atoms with van der Waals surface area (Å²) in [5, 5.41) is 73.0. The molecule has 1 heterocycles. The molecule has 2 aliphatic rings. The smallest absolute Gasteiger partial charge is 0.394 e. The number of phosphoric acid groups is 1. The summed E-state index contributed by atoms with van der Waals surface area (Å²) >= 11 is 0. The molecule has 0 bridgehead atoms. The highest BCUT2D eigenvalue weighted by molar-refractivity contribution is 7.47. The van der Waals surface area contributed by atoms with Gasteiger partial charge in [-0.05, 0) is 12.8 Å². The molecular formula is C51H102NO15P. The van der Waals surface area contributed by atoms with Crippen LogP contribution < -0.4 is 5.73 Å². The predicted octanol–water partition coefficient (Wildman–Crippen LogP) is 8.02. The van der Waals surface area contributed by atoms with Crippen LogP contribution in [0.3, 0.4) is 0 Å². The first kappa shape index (κ1) is 63.7. The summed E-state index contributed by atoms with van der Waals surface area (Å²) in [6.07, 6.45) is 21.3. The third kappa shape index (κ3) is 27.6. The average Bonchev–Trinajstić information content (AvgIpc) is 3.33. The third-order valence-corrected chi connectivity index (χ3v) is 14.7. The highest BCUT2D eigenvalue weighted by atomic mass is 31.2. The van der Waals surface area contributed by atoms with Gasteiger partial charge < -0.3 is 65.3 Å². The van der Waals surface area contributed by atoms with Crippen LogP contribution in [0.2, 0.25) is 0 Å². The maximum atomic E-state index is 13.5. The van der Waals surface area contributed by atoms with Crippen LogP contribution in [0.25, 0.3) is 0 Å². The van der Waals surface area contributed by atoms with Gasteiger partial charge in [0.15, 0.2) is 6.29 Å². The molecule has 1 unspecified atom stereocenters. The van der Waals surface area contributed by atoms with Crippen molar-refractivity contribution in [2.75, 3.05) is 33.0 Å². The molecule has 0 aromatic rings. The van der Waals surface area contributed by atoms with Gasteiger partial charge in [-0.15, -0.1) is 0 Å². The van der Waals surface area contributed by atoms with Crippen molar-refractivity contribution < 1.29 is 73.2 Å². The first-order valence-corrected chi connectivity index (χ1v) is 29.0. The van der Waals surface area contributed by atoms with Crippen molar-refractivity contribution in [3.05, 3.63) is 0 Å². The van der Waals surface area contributed by atoms with Crippen molar-refractivity contribution in [3.63, 3.8) is 0 Å². The number of phosphoric ester groups is 1. The molecule has 1 saturated heterocycles. The number of nitrogens with two attached hydrogens (primary N) is 1. The van der Waals surface area contributed by atoms with E-state index in [1.165, 1.54) is 167 Å². The Labute approximate surface area is 411 Å². The van der Waals surface area contributed by atoms with E-state index in [-0.39, 0.29) is 6.61 Å². The van der Waals surface area contributed by atoms with Crippen LogP contribution >= 0.6 is 7.82 Å². The van der Waals surface area contributed by atoms with Gasteiger partial charge in [0.2, 0.25) is 0 Å². The Morgan fingerprint density at radius 2 is 0.882 bits per heavy atom. The lowest BCUT2D eigenvalue weighted by Crippen LogP contribution is -2.68. The van der Waals surface area contributed by atoms with Crippen LogP contribution in [0, 0.1) is 0 Å². The fourth-order valence-electron chi connectivity index (χ4n) is 9.22. The van der Waals surface area contributed by atoms with Crippen molar-refractivity contribution in [1.29, 1.82) is 0 Å². The van der Waals surface area contributed by atoms with Crippen LogP contribution in [0.15, 0.2) is 0 Å². The normalized spacial score (nSPS) is 28.0. The number of hydrogen-bond donors (Lipinski definition) is 9. The molecule has 68 heavy (non-hydrogen) atoms. The van der Waals surface area contributed by atoms with Gasteiger partial charge in [-0.3, -0.25) is 9.05 Å². The van der Waals surface area contributed by atoms with Crippen LogP contribution in [0.4, 0.5) is 0 Å². The molecule has 0 aromatic carbocycles. The summed E-state index contributed by atoms with van der Waals surface area (Å²) in [5.41, 5.74) is 5.99. The molecule has 2 rings (SSSR count). The van der Waals surface area contributed by atoms with E-state index in [2.05, 4.69) is 13.8 Å². The molecule has 16 nitrogen and oxygen atoms in total. The Kier molecular flexibility index (Phi) is 37.6. The number of aliphatic hydroxyl groups is 7. The third-order valence-electron chi connectivity index (χ3n) is 13.7. The minimum atomic E-state index is -5.11. The van der Waals surface area contributed by atoms with E-state index in [9.17, 15) is 45.2 Å². The molecule has 0 amide bonds. The predicted molar refractivity (Wildman–Crippen MR) is 265 cm³/mol. The summed E-state index contributed by atoms with van der Waals surface area (Å²) in [4.78, 5) is 10.9. The van der Waals surface area contributed by atoms with Gasteiger partial charge in [-0.25, -0.2) is 4.57 Å². The van der Waals surface area contributed by atoms with E-state index < -0.39 is 94.4 Å². The molecular weight excluding hydrogens is 898 g/mol. The summed E-state index contributed by atoms with van der Waals surface area (Å²) in [7, 11) is -5.11. The fourth-order valence-corrected chi connectivity index (χ4v) is 10.2. The first-order valence-electron chi connectivity index (χ1n) is 27.5. The largest absolute Gasteiger partial charge is 0.472 e. The van der Waals surface area contributed by atoms with Crippen molar-refractivity contribution in [2.45, 2.75) is 293 Å². The Bertz CT molecular complexity index is 1210. The van der Waals surface area contributed by atoms with Gasteiger partial charge in [-0.1, -0.05) is 206 Å². The lowest BCUT2D eigenvalue weighted by molar-refractivity contribution is -0.315. The van der Waals surface area contributed by atoms with Crippen molar-refractivity contribution in [3.8, 4) is 0 Å². The number of hydrogen-bond acceptors (Lipinski definition) is 15. The zero-order valence-electron chi connectivity index (χ0n) is 42.6. The zero-order chi connectivity index (χ0) is 49.8. The van der Waals surface area contributed by atoms with E-state index in [0.717, 1.165) is 38.5 Å². The van der Waals surface area contributed by atoms with Crippen LogP contribution in [0.5, 0.6) is 0 Å². The van der Waals surface area contributed by atoms with Crippen molar-refractivity contribution in [1.82, 2.24) is 0 Å². The molecule has 0 spiro atoms. The van der Waals surface area contributed by atoms with Gasteiger partial charge in [0, 0.05) is 13.2 Å². The second kappa shape index (κ2) is 40.1. The SMILES string of the molecule is CCCCCCCCCCCCCCCCCCOC[C@H](COP(=O)(O)O[C@@H]1[C@H](O)[C@H](O)[C@@H](O)[C@H](O)[C@H]1O[C@H]1O[C@H](CO)[C@@H](O)[C@H](O)[C@H]1N)OCCCCCCCCCCCCCCCCCC. The Morgan fingerprint density at radius 1 is 0.500 bits per heavy atom. The molecule has 406 valence electrons. The summed E-state index contributed by atoms with van der Waals surface area (Å²) < 4.78 is 47.4. The Balaban J connectivity index is 1.82. The molecule has 2 fully saturated rings. The summed E-state index contributed by atoms with van der Waals surface area (Å²) in [6, 6.07) is -1.45. The van der Waals surface area contributed by atoms with E-state index in [1.54, 1.807) is 0 Å². The first-order chi connectivity index (χ1) is 32.9. The highest BCUT2D eigenvalue weighted by Gasteiger charge is 2.55. The highest BCUT2D eigenvalue weighted by Crippen LogP contribution is 2.48. The lowest BCUT2D eigenvalue weighted by Gasteiger charge is -2.47. The van der Waals surface area contributed by atoms with Crippen molar-refractivity contribution >= 4 is 7.82 Å². The topological polar surface area (TPSA) is 260 Å². The van der Waals surface area contributed by atoms with Gasteiger partial charge in [0.1, 0.15) is 61.0 Å². The number of rotatable bonds is 45. The van der Waals surface area contributed by atoms with E-state index >= 15 is 0 Å². The molecule has 1 saturated carbocycles. The molecule has 13 atom stereocenters. The molecule has 17 heteroatoms. The molecule has 1 aliphatic heterocycles. The maximum absolute atomic E-state index is 13.5. The maximum Gasteiger partial charge on any atom is 0.472 e.